The fraction of sp³-hybridized carbons (Fsp3) is 0.387. The molecule has 1 saturated heterocycles. The zero-order valence-corrected chi connectivity index (χ0v) is 24.1. The molecule has 0 saturated carbocycles. The van der Waals surface area contributed by atoms with Crippen LogP contribution in [-0.2, 0) is 6.54 Å². The topological polar surface area (TPSA) is 145 Å². The number of nitrogens with one attached hydrogen (secondary N) is 3. The van der Waals surface area contributed by atoms with E-state index < -0.39 is 6.10 Å². The van der Waals surface area contributed by atoms with Crippen LogP contribution in [0.15, 0.2) is 41.3 Å². The Bertz CT molecular complexity index is 1760. The molecule has 4 N–H and O–H groups in total. The van der Waals surface area contributed by atoms with Gasteiger partial charge in [-0.1, -0.05) is 0 Å². The van der Waals surface area contributed by atoms with Crippen LogP contribution in [0.3, 0.4) is 0 Å². The van der Waals surface area contributed by atoms with Gasteiger partial charge in [0.2, 0.25) is 6.79 Å². The summed E-state index contributed by atoms with van der Waals surface area (Å²) in [7, 11) is 2.11. The number of H-pyrrole nitrogens is 2. The SMILES string of the molecule is Cc1c(OC[C@H](O)CNc2cc[nH]c(=O)c2-c2nc3cc4c(cc3[nH]2)CN(C2CCN(C)CC2)C4=O)ccc2c1OCO2. The van der Waals surface area contributed by atoms with E-state index in [-0.39, 0.29) is 37.5 Å². The lowest BCUT2D eigenvalue weighted by atomic mass is 10.0. The number of ether oxygens (including phenoxy) is 3. The third-order valence-electron chi connectivity index (χ3n) is 8.56. The average Bonchev–Trinajstić information content (AvgIpc) is 3.72. The lowest BCUT2D eigenvalue weighted by molar-refractivity contribution is 0.0617. The molecule has 0 aliphatic carbocycles. The molecule has 0 unspecified atom stereocenters. The minimum atomic E-state index is -0.867. The van der Waals surface area contributed by atoms with Crippen LogP contribution in [0.25, 0.3) is 22.4 Å². The molecule has 2 aromatic carbocycles. The number of pyridine rings is 1. The smallest absolute Gasteiger partial charge is 0.261 e. The van der Waals surface area contributed by atoms with Crippen molar-refractivity contribution in [2.75, 3.05) is 45.4 Å². The van der Waals surface area contributed by atoms with Crippen molar-refractivity contribution >= 4 is 22.6 Å². The highest BCUT2D eigenvalue weighted by Gasteiger charge is 2.34. The van der Waals surface area contributed by atoms with Crippen LogP contribution >= 0.6 is 0 Å². The van der Waals surface area contributed by atoms with E-state index in [0.717, 1.165) is 42.6 Å². The van der Waals surface area contributed by atoms with E-state index in [1.807, 2.05) is 24.0 Å². The molecule has 12 nitrogen and oxygen atoms in total. The van der Waals surface area contributed by atoms with Crippen LogP contribution in [0.2, 0.25) is 0 Å². The number of aromatic nitrogens is 3. The molecule has 0 radical (unpaired) electrons. The Morgan fingerprint density at radius 3 is 2.86 bits per heavy atom. The van der Waals surface area contributed by atoms with Crippen LogP contribution in [0.4, 0.5) is 5.69 Å². The molecule has 2 aromatic heterocycles. The molecule has 5 heterocycles. The Balaban J connectivity index is 1.06. The number of aliphatic hydroxyl groups excluding tert-OH is 1. The molecule has 1 amide bonds. The number of rotatable bonds is 8. The normalized spacial score (nSPS) is 17.5. The van der Waals surface area contributed by atoms with Gasteiger partial charge in [-0.05, 0) is 75.8 Å². The third kappa shape index (κ3) is 5.06. The second kappa shape index (κ2) is 10.9. The van der Waals surface area contributed by atoms with Gasteiger partial charge in [-0.15, -0.1) is 0 Å². The van der Waals surface area contributed by atoms with E-state index in [1.54, 1.807) is 24.4 Å². The lowest BCUT2D eigenvalue weighted by Gasteiger charge is -2.34. The number of hydrogen-bond donors (Lipinski definition) is 4. The summed E-state index contributed by atoms with van der Waals surface area (Å²) in [6.45, 7) is 4.77. The summed E-state index contributed by atoms with van der Waals surface area (Å²) >= 11 is 0. The molecule has 4 aromatic rings. The average molecular weight is 587 g/mol. The highest BCUT2D eigenvalue weighted by Crippen LogP contribution is 2.40. The number of carbonyl (C=O) groups excluding carboxylic acids is 1. The number of aromatic amines is 2. The predicted molar refractivity (Wildman–Crippen MR) is 160 cm³/mol. The van der Waals surface area contributed by atoms with E-state index >= 15 is 0 Å². The van der Waals surface area contributed by atoms with E-state index in [9.17, 15) is 14.7 Å². The molecule has 0 bridgehead atoms. The predicted octanol–water partition coefficient (Wildman–Crippen LogP) is 2.86. The van der Waals surface area contributed by atoms with Gasteiger partial charge in [0, 0.05) is 36.5 Å². The molecule has 0 spiro atoms. The van der Waals surface area contributed by atoms with Gasteiger partial charge in [0.1, 0.15) is 29.8 Å². The Kier molecular flexibility index (Phi) is 6.94. The fourth-order valence-corrected chi connectivity index (χ4v) is 6.15. The largest absolute Gasteiger partial charge is 0.490 e. The van der Waals surface area contributed by atoms with Crippen LogP contribution in [0.1, 0.15) is 34.3 Å². The summed E-state index contributed by atoms with van der Waals surface area (Å²) in [4.78, 5) is 41.3. The standard InChI is InChI=1S/C31H34N6O6/c1-17-25(3-4-26-28(17)43-16-42-26)41-15-20(38)13-33-22-5-8-32-30(39)27(22)29-34-23-11-18-14-37(19-6-9-36(2)10-7-19)31(40)21(18)12-24(23)35-29/h3-5,8,11-12,19-20,38H,6-7,9-10,13-16H2,1-2H3,(H,34,35)(H2,32,33,39)/t20-/m1/s1. The van der Waals surface area contributed by atoms with E-state index in [4.69, 9.17) is 19.2 Å². The number of amides is 1. The number of likely N-dealkylation sites (tertiary alicyclic amines) is 1. The van der Waals surface area contributed by atoms with Crippen molar-refractivity contribution in [1.29, 1.82) is 0 Å². The van der Waals surface area contributed by atoms with Gasteiger partial charge in [0.25, 0.3) is 11.5 Å². The van der Waals surface area contributed by atoms with Gasteiger partial charge >= 0.3 is 0 Å². The van der Waals surface area contributed by atoms with Crippen molar-refractivity contribution in [2.45, 2.75) is 38.5 Å². The van der Waals surface area contributed by atoms with Gasteiger partial charge < -0.3 is 44.4 Å². The summed E-state index contributed by atoms with van der Waals surface area (Å²) in [5, 5.41) is 13.8. The maximum Gasteiger partial charge on any atom is 0.261 e. The molecule has 1 fully saturated rings. The highest BCUT2D eigenvalue weighted by molar-refractivity contribution is 6.02. The van der Waals surface area contributed by atoms with Crippen molar-refractivity contribution in [2.24, 2.45) is 0 Å². The van der Waals surface area contributed by atoms with Crippen LogP contribution < -0.4 is 25.1 Å². The van der Waals surface area contributed by atoms with E-state index in [2.05, 4.69) is 27.2 Å². The maximum atomic E-state index is 13.3. The van der Waals surface area contributed by atoms with E-state index in [0.29, 0.717) is 51.9 Å². The van der Waals surface area contributed by atoms with Crippen molar-refractivity contribution < 1.29 is 24.1 Å². The number of piperidine rings is 1. The lowest BCUT2D eigenvalue weighted by Crippen LogP contribution is -2.43. The maximum absolute atomic E-state index is 13.3. The molecule has 3 aliphatic rings. The molecule has 224 valence electrons. The Morgan fingerprint density at radius 2 is 2.02 bits per heavy atom. The summed E-state index contributed by atoms with van der Waals surface area (Å²) in [5.74, 6) is 2.34. The minimum absolute atomic E-state index is 0.0325. The summed E-state index contributed by atoms with van der Waals surface area (Å²) in [5.41, 5.74) is 4.32. The van der Waals surface area contributed by atoms with Gasteiger partial charge in [0.05, 0.1) is 16.7 Å². The first-order valence-corrected chi connectivity index (χ1v) is 14.5. The van der Waals surface area contributed by atoms with Gasteiger partial charge in [-0.25, -0.2) is 4.98 Å². The molecular weight excluding hydrogens is 552 g/mol. The van der Waals surface area contributed by atoms with Crippen molar-refractivity contribution in [3.05, 3.63) is 63.6 Å². The first kappa shape index (κ1) is 27.3. The summed E-state index contributed by atoms with van der Waals surface area (Å²) < 4.78 is 16.7. The van der Waals surface area contributed by atoms with Gasteiger partial charge in [0.15, 0.2) is 11.5 Å². The molecule has 3 aliphatic heterocycles. The Morgan fingerprint density at radius 1 is 1.19 bits per heavy atom. The number of imidazole rings is 1. The van der Waals surface area contributed by atoms with E-state index in [1.165, 1.54) is 0 Å². The molecule has 43 heavy (non-hydrogen) atoms. The summed E-state index contributed by atoms with van der Waals surface area (Å²) in [6, 6.07) is 9.33. The molecule has 12 heteroatoms. The number of benzene rings is 2. The number of anilines is 1. The summed E-state index contributed by atoms with van der Waals surface area (Å²) in [6.07, 6.45) is 2.62. The van der Waals surface area contributed by atoms with Crippen LogP contribution in [0.5, 0.6) is 17.2 Å². The molecular formula is C31H34N6O6. The zero-order chi connectivity index (χ0) is 29.7. The highest BCUT2D eigenvalue weighted by atomic mass is 16.7. The number of nitrogens with zero attached hydrogens (tertiary/aromatic N) is 3. The zero-order valence-electron chi connectivity index (χ0n) is 24.1. The van der Waals surface area contributed by atoms with Gasteiger partial charge in [-0.2, -0.15) is 0 Å². The first-order valence-electron chi connectivity index (χ1n) is 14.5. The van der Waals surface area contributed by atoms with Crippen molar-refractivity contribution in [3.8, 4) is 28.6 Å². The quantitative estimate of drug-likeness (QED) is 0.245. The van der Waals surface area contributed by atoms with Gasteiger partial charge in [-0.3, -0.25) is 9.59 Å². The first-order chi connectivity index (χ1) is 20.9. The number of aliphatic hydroxyl groups is 1. The second-order valence-corrected chi connectivity index (χ2v) is 11.4. The molecule has 1 atom stereocenters. The third-order valence-corrected chi connectivity index (χ3v) is 8.56. The number of fused-ring (bicyclic) bond motifs is 3. The fourth-order valence-electron chi connectivity index (χ4n) is 6.15. The van der Waals surface area contributed by atoms with Crippen molar-refractivity contribution in [3.63, 3.8) is 0 Å². The Hall–Kier alpha value is -4.55. The molecule has 7 rings (SSSR count). The van der Waals surface area contributed by atoms with Crippen LogP contribution in [0, 0.1) is 6.92 Å². The van der Waals surface area contributed by atoms with Crippen molar-refractivity contribution in [1.82, 2.24) is 24.8 Å². The number of carbonyl (C=O) groups is 1. The van der Waals surface area contributed by atoms with Crippen LogP contribution in [-0.4, -0.2) is 88.0 Å². The minimum Gasteiger partial charge on any atom is -0.490 e. The second-order valence-electron chi connectivity index (χ2n) is 11.4. The monoisotopic (exact) mass is 586 g/mol. The number of hydrogen-bond acceptors (Lipinski definition) is 9. The Labute approximate surface area is 247 Å².